The first-order valence-corrected chi connectivity index (χ1v) is 6.77. The Morgan fingerprint density at radius 2 is 2.05 bits per heavy atom. The van der Waals surface area contributed by atoms with Gasteiger partial charge < -0.3 is 10.1 Å². The van der Waals surface area contributed by atoms with E-state index in [2.05, 4.69) is 15.0 Å². The quantitative estimate of drug-likeness (QED) is 0.592. The van der Waals surface area contributed by atoms with Gasteiger partial charge >= 0.3 is 5.97 Å². The lowest BCUT2D eigenvalue weighted by Gasteiger charge is -2.05. The van der Waals surface area contributed by atoms with Crippen molar-refractivity contribution in [3.8, 4) is 11.1 Å². The zero-order valence-corrected chi connectivity index (χ0v) is 11.4. The van der Waals surface area contributed by atoms with Gasteiger partial charge in [0.05, 0.1) is 5.56 Å². The fourth-order valence-electron chi connectivity index (χ4n) is 2.69. The van der Waals surface area contributed by atoms with Crippen LogP contribution >= 0.6 is 0 Å². The number of carboxylic acid groups (broad SMARTS) is 1. The second-order valence-electron chi connectivity index (χ2n) is 5.03. The van der Waals surface area contributed by atoms with E-state index in [1.807, 2.05) is 30.3 Å². The number of nitrogens with one attached hydrogen (secondary N) is 1. The summed E-state index contributed by atoms with van der Waals surface area (Å²) >= 11 is 0. The summed E-state index contributed by atoms with van der Waals surface area (Å²) < 4.78 is 0. The predicted molar refractivity (Wildman–Crippen MR) is 83.8 cm³/mol. The van der Waals surface area contributed by atoms with E-state index >= 15 is 0 Å². The molecular formula is C17H11N3O2. The number of carbonyl (C=O) groups is 1. The zero-order valence-electron chi connectivity index (χ0n) is 11.4. The number of aromatic amines is 1. The van der Waals surface area contributed by atoms with Gasteiger partial charge in [-0.05, 0) is 23.1 Å². The van der Waals surface area contributed by atoms with Gasteiger partial charge in [-0.15, -0.1) is 0 Å². The van der Waals surface area contributed by atoms with Crippen molar-refractivity contribution in [3.05, 3.63) is 60.7 Å². The van der Waals surface area contributed by atoms with E-state index < -0.39 is 5.97 Å². The van der Waals surface area contributed by atoms with Crippen LogP contribution in [0.1, 0.15) is 10.4 Å². The van der Waals surface area contributed by atoms with Crippen molar-refractivity contribution in [1.29, 1.82) is 0 Å². The first-order valence-electron chi connectivity index (χ1n) is 6.77. The third kappa shape index (κ3) is 1.83. The molecule has 5 heteroatoms. The highest BCUT2D eigenvalue weighted by atomic mass is 16.4. The van der Waals surface area contributed by atoms with Gasteiger partial charge in [0, 0.05) is 41.1 Å². The molecule has 106 valence electrons. The fraction of sp³-hybridized carbons (Fsp3) is 0. The maximum Gasteiger partial charge on any atom is 0.337 e. The maximum atomic E-state index is 11.4. The van der Waals surface area contributed by atoms with Crippen molar-refractivity contribution in [3.63, 3.8) is 0 Å². The van der Waals surface area contributed by atoms with Gasteiger partial charge in [-0.2, -0.15) is 0 Å². The van der Waals surface area contributed by atoms with Gasteiger partial charge in [-0.3, -0.25) is 4.98 Å². The second-order valence-corrected chi connectivity index (χ2v) is 5.03. The minimum Gasteiger partial charge on any atom is -0.478 e. The molecule has 3 aromatic heterocycles. The van der Waals surface area contributed by atoms with Gasteiger partial charge in [0.25, 0.3) is 0 Å². The van der Waals surface area contributed by atoms with Crippen LogP contribution in [0.15, 0.2) is 55.1 Å². The summed E-state index contributed by atoms with van der Waals surface area (Å²) in [5.41, 5.74) is 2.79. The van der Waals surface area contributed by atoms with Gasteiger partial charge in [0.15, 0.2) is 0 Å². The monoisotopic (exact) mass is 289 g/mol. The molecule has 0 aliphatic rings. The molecule has 0 spiro atoms. The topological polar surface area (TPSA) is 78.9 Å². The number of hydrogen-bond donors (Lipinski definition) is 2. The molecule has 0 saturated carbocycles. The molecule has 0 unspecified atom stereocenters. The number of benzene rings is 1. The van der Waals surface area contributed by atoms with Crippen LogP contribution in [0.25, 0.3) is 32.9 Å². The van der Waals surface area contributed by atoms with Crippen molar-refractivity contribution >= 4 is 27.8 Å². The van der Waals surface area contributed by atoms with Gasteiger partial charge in [0.1, 0.15) is 5.65 Å². The standard InChI is InChI=1S/C17H11N3O2/c21-17(22)14-9-20-16-15(14)13-6-10(3-4-12(13)8-19-16)11-2-1-5-18-7-11/h1-9H,(H,19,20)(H,21,22). The highest BCUT2D eigenvalue weighted by molar-refractivity contribution is 6.15. The minimum atomic E-state index is -0.965. The molecule has 0 atom stereocenters. The van der Waals surface area contributed by atoms with E-state index in [4.69, 9.17) is 0 Å². The number of H-pyrrole nitrogens is 1. The number of carboxylic acids is 1. The summed E-state index contributed by atoms with van der Waals surface area (Å²) in [6.07, 6.45) is 6.74. The Morgan fingerprint density at radius 1 is 1.14 bits per heavy atom. The van der Waals surface area contributed by atoms with E-state index in [0.29, 0.717) is 11.0 Å². The van der Waals surface area contributed by atoms with Gasteiger partial charge in [0.2, 0.25) is 0 Å². The Hall–Kier alpha value is -3.21. The van der Waals surface area contributed by atoms with Crippen LogP contribution in [0, 0.1) is 0 Å². The van der Waals surface area contributed by atoms with Crippen LogP contribution < -0.4 is 0 Å². The summed E-state index contributed by atoms with van der Waals surface area (Å²) in [4.78, 5) is 22.7. The first kappa shape index (κ1) is 12.5. The first-order chi connectivity index (χ1) is 10.7. The molecule has 4 rings (SSSR count). The number of aromatic carboxylic acids is 1. The number of rotatable bonds is 2. The Balaban J connectivity index is 2.07. The summed E-state index contributed by atoms with van der Waals surface area (Å²) in [5.74, 6) is -0.965. The highest BCUT2D eigenvalue weighted by Crippen LogP contribution is 2.30. The lowest BCUT2D eigenvalue weighted by molar-refractivity contribution is 0.0699. The molecule has 4 aromatic rings. The number of aromatic nitrogens is 3. The number of nitrogens with zero attached hydrogens (tertiary/aromatic N) is 2. The highest BCUT2D eigenvalue weighted by Gasteiger charge is 2.14. The summed E-state index contributed by atoms with van der Waals surface area (Å²) in [7, 11) is 0. The van der Waals surface area contributed by atoms with Crippen LogP contribution in [-0.4, -0.2) is 26.0 Å². The fourth-order valence-corrected chi connectivity index (χ4v) is 2.69. The number of fused-ring (bicyclic) bond motifs is 3. The molecule has 0 bridgehead atoms. The van der Waals surface area contributed by atoms with Crippen molar-refractivity contribution in [2.45, 2.75) is 0 Å². The van der Waals surface area contributed by atoms with Crippen LogP contribution in [0.3, 0.4) is 0 Å². The minimum absolute atomic E-state index is 0.233. The summed E-state index contributed by atoms with van der Waals surface area (Å²) in [6, 6.07) is 9.77. The largest absolute Gasteiger partial charge is 0.478 e. The second kappa shape index (κ2) is 4.66. The maximum absolute atomic E-state index is 11.4. The molecular weight excluding hydrogens is 278 g/mol. The lowest BCUT2D eigenvalue weighted by atomic mass is 10.0. The molecule has 2 N–H and O–H groups in total. The van der Waals surface area contributed by atoms with Gasteiger partial charge in [-0.1, -0.05) is 18.2 Å². The van der Waals surface area contributed by atoms with Crippen LogP contribution in [0.4, 0.5) is 0 Å². The van der Waals surface area contributed by atoms with Crippen molar-refractivity contribution in [2.75, 3.05) is 0 Å². The molecule has 5 nitrogen and oxygen atoms in total. The number of pyridine rings is 2. The van der Waals surface area contributed by atoms with Crippen molar-refractivity contribution in [1.82, 2.24) is 15.0 Å². The predicted octanol–water partition coefficient (Wildman–Crippen LogP) is 3.48. The average molecular weight is 289 g/mol. The smallest absolute Gasteiger partial charge is 0.337 e. The molecule has 0 aliphatic carbocycles. The van der Waals surface area contributed by atoms with Crippen LogP contribution in [0.2, 0.25) is 0 Å². The summed E-state index contributed by atoms with van der Waals surface area (Å²) in [5, 5.41) is 11.8. The van der Waals surface area contributed by atoms with E-state index in [1.165, 1.54) is 6.20 Å². The molecule has 0 fully saturated rings. The van der Waals surface area contributed by atoms with E-state index in [0.717, 1.165) is 21.9 Å². The Bertz CT molecular complexity index is 1010. The zero-order chi connectivity index (χ0) is 15.1. The molecule has 0 saturated heterocycles. The molecule has 0 radical (unpaired) electrons. The lowest BCUT2D eigenvalue weighted by Crippen LogP contribution is -1.94. The van der Waals surface area contributed by atoms with E-state index in [-0.39, 0.29) is 5.56 Å². The Morgan fingerprint density at radius 3 is 2.82 bits per heavy atom. The van der Waals surface area contributed by atoms with Crippen LogP contribution in [0.5, 0.6) is 0 Å². The summed E-state index contributed by atoms with van der Waals surface area (Å²) in [6.45, 7) is 0. The van der Waals surface area contributed by atoms with Crippen LogP contribution in [-0.2, 0) is 0 Å². The van der Waals surface area contributed by atoms with E-state index in [1.54, 1.807) is 18.6 Å². The molecule has 0 aliphatic heterocycles. The molecule has 0 amide bonds. The third-order valence-electron chi connectivity index (χ3n) is 3.74. The average Bonchev–Trinajstić information content (AvgIpc) is 3.00. The molecule has 3 heterocycles. The normalized spacial score (nSPS) is 11.1. The van der Waals surface area contributed by atoms with Gasteiger partial charge in [-0.25, -0.2) is 9.78 Å². The van der Waals surface area contributed by atoms with E-state index in [9.17, 15) is 9.90 Å². The Kier molecular flexibility index (Phi) is 2.66. The SMILES string of the molecule is O=C(O)c1c[nH]c2ncc3ccc(-c4cccnc4)cc3c12. The third-order valence-corrected chi connectivity index (χ3v) is 3.74. The van der Waals surface area contributed by atoms with Crippen molar-refractivity contribution in [2.24, 2.45) is 0 Å². The van der Waals surface area contributed by atoms with Crippen molar-refractivity contribution < 1.29 is 9.90 Å². The molecule has 1 aromatic carbocycles. The number of hydrogen-bond acceptors (Lipinski definition) is 3. The molecule has 22 heavy (non-hydrogen) atoms. The Labute approximate surface area is 125 Å².